The predicted octanol–water partition coefficient (Wildman–Crippen LogP) is 15.1. The average molecular weight is 777 g/mol. The first-order valence-corrected chi connectivity index (χ1v) is 22.8. The first-order chi connectivity index (χ1) is 27.6. The maximum absolute atomic E-state index is 12.7. The van der Waals surface area contributed by atoms with Crippen LogP contribution in [0.3, 0.4) is 0 Å². The molecule has 0 saturated carbocycles. The summed E-state index contributed by atoms with van der Waals surface area (Å²) in [7, 11) is 0. The van der Waals surface area contributed by atoms with E-state index in [4.69, 9.17) is 14.2 Å². The molecule has 56 heavy (non-hydrogen) atoms. The fourth-order valence-electron chi connectivity index (χ4n) is 5.80. The summed E-state index contributed by atoms with van der Waals surface area (Å²) in [6.45, 7) is 7.39. The van der Waals surface area contributed by atoms with Gasteiger partial charge in [0.05, 0.1) is 6.61 Å². The van der Waals surface area contributed by atoms with Gasteiger partial charge in [-0.1, -0.05) is 182 Å². The normalized spacial score (nSPS) is 13.1. The van der Waals surface area contributed by atoms with Crippen molar-refractivity contribution < 1.29 is 23.8 Å². The van der Waals surface area contributed by atoms with Crippen LogP contribution in [0.4, 0.5) is 0 Å². The molecule has 0 amide bonds. The lowest BCUT2D eigenvalue weighted by atomic mass is 10.1. The van der Waals surface area contributed by atoms with E-state index in [2.05, 4.69) is 118 Å². The molecule has 0 N–H and O–H groups in total. The van der Waals surface area contributed by atoms with Crippen LogP contribution in [-0.4, -0.2) is 37.9 Å². The van der Waals surface area contributed by atoms with Gasteiger partial charge in [0, 0.05) is 19.4 Å². The number of unbranched alkanes of at least 4 members (excludes halogenated alkanes) is 13. The third-order valence-corrected chi connectivity index (χ3v) is 9.12. The van der Waals surface area contributed by atoms with Crippen LogP contribution in [0.1, 0.15) is 188 Å². The monoisotopic (exact) mass is 777 g/mol. The van der Waals surface area contributed by atoms with Crippen molar-refractivity contribution in [2.45, 2.75) is 194 Å². The molecule has 0 fully saturated rings. The Morgan fingerprint density at radius 3 is 1.29 bits per heavy atom. The van der Waals surface area contributed by atoms with Crippen molar-refractivity contribution in [2.75, 3.05) is 19.8 Å². The van der Waals surface area contributed by atoms with E-state index < -0.39 is 6.10 Å². The minimum Gasteiger partial charge on any atom is -0.462 e. The highest BCUT2D eigenvalue weighted by Crippen LogP contribution is 2.13. The fraction of sp³-hybridized carbons (Fsp3) is 0.647. The maximum atomic E-state index is 12.7. The number of carbonyl (C=O) groups excluding carboxylic acids is 2. The lowest BCUT2D eigenvalue weighted by Crippen LogP contribution is -2.30. The van der Waals surface area contributed by atoms with Gasteiger partial charge in [-0.2, -0.15) is 0 Å². The SMILES string of the molecule is CC/C=C\C/C=C\C/C=C\C/C=C\CCCCC(=O)OCC(COCCC/C=C\C/C=C\C/C=C\C/C=C\CC)OC(=O)CCCCCCCCCCCCC. The van der Waals surface area contributed by atoms with Crippen LogP contribution in [0, 0.1) is 0 Å². The number of hydrogen-bond acceptors (Lipinski definition) is 5. The summed E-state index contributed by atoms with van der Waals surface area (Å²) in [6.07, 6.45) is 61.3. The van der Waals surface area contributed by atoms with E-state index >= 15 is 0 Å². The van der Waals surface area contributed by atoms with E-state index in [0.717, 1.165) is 103 Å². The maximum Gasteiger partial charge on any atom is 0.306 e. The zero-order valence-electron chi connectivity index (χ0n) is 36.4. The largest absolute Gasteiger partial charge is 0.462 e. The second kappa shape index (κ2) is 46.2. The highest BCUT2D eigenvalue weighted by Gasteiger charge is 2.17. The van der Waals surface area contributed by atoms with Crippen molar-refractivity contribution in [1.82, 2.24) is 0 Å². The Labute approximate surface area is 345 Å². The van der Waals surface area contributed by atoms with Gasteiger partial charge in [-0.05, 0) is 89.9 Å². The Hall–Kier alpha value is -3.18. The van der Waals surface area contributed by atoms with Gasteiger partial charge in [0.15, 0.2) is 6.10 Å². The summed E-state index contributed by atoms with van der Waals surface area (Å²) in [5.74, 6) is -0.482. The average Bonchev–Trinajstić information content (AvgIpc) is 3.20. The van der Waals surface area contributed by atoms with Crippen molar-refractivity contribution in [3.8, 4) is 0 Å². The second-order valence-electron chi connectivity index (χ2n) is 14.5. The van der Waals surface area contributed by atoms with E-state index in [9.17, 15) is 9.59 Å². The highest BCUT2D eigenvalue weighted by atomic mass is 16.6. The molecule has 5 nitrogen and oxygen atoms in total. The Morgan fingerprint density at radius 2 is 0.804 bits per heavy atom. The molecule has 0 aromatic heterocycles. The lowest BCUT2D eigenvalue weighted by Gasteiger charge is -2.18. The van der Waals surface area contributed by atoms with Gasteiger partial charge >= 0.3 is 11.9 Å². The molecule has 318 valence electrons. The first-order valence-electron chi connectivity index (χ1n) is 22.8. The van der Waals surface area contributed by atoms with Crippen LogP contribution in [0.15, 0.2) is 97.2 Å². The van der Waals surface area contributed by atoms with Gasteiger partial charge < -0.3 is 14.2 Å². The van der Waals surface area contributed by atoms with Gasteiger partial charge in [-0.15, -0.1) is 0 Å². The first kappa shape index (κ1) is 52.8. The summed E-state index contributed by atoms with van der Waals surface area (Å²) >= 11 is 0. The molecule has 0 aliphatic heterocycles. The van der Waals surface area contributed by atoms with Crippen LogP contribution in [0.2, 0.25) is 0 Å². The summed E-state index contributed by atoms with van der Waals surface area (Å²) in [5.41, 5.74) is 0. The number of rotatable bonds is 40. The zero-order valence-corrected chi connectivity index (χ0v) is 36.4. The van der Waals surface area contributed by atoms with Crippen molar-refractivity contribution in [3.05, 3.63) is 97.2 Å². The smallest absolute Gasteiger partial charge is 0.306 e. The topological polar surface area (TPSA) is 61.8 Å². The molecule has 0 aliphatic rings. The van der Waals surface area contributed by atoms with Crippen LogP contribution in [0.25, 0.3) is 0 Å². The Bertz CT molecular complexity index is 1110. The third-order valence-electron chi connectivity index (χ3n) is 9.12. The van der Waals surface area contributed by atoms with Crippen LogP contribution < -0.4 is 0 Å². The van der Waals surface area contributed by atoms with Gasteiger partial charge in [0.1, 0.15) is 6.61 Å². The highest BCUT2D eigenvalue weighted by molar-refractivity contribution is 5.70. The van der Waals surface area contributed by atoms with Crippen LogP contribution in [0.5, 0.6) is 0 Å². The second-order valence-corrected chi connectivity index (χ2v) is 14.5. The van der Waals surface area contributed by atoms with Gasteiger partial charge in [-0.25, -0.2) is 0 Å². The zero-order chi connectivity index (χ0) is 40.7. The minimum absolute atomic E-state index is 0.0383. The Morgan fingerprint density at radius 1 is 0.411 bits per heavy atom. The fourth-order valence-corrected chi connectivity index (χ4v) is 5.80. The molecule has 0 spiro atoms. The van der Waals surface area contributed by atoms with Crippen LogP contribution in [-0.2, 0) is 23.8 Å². The molecular formula is C51H84O5. The lowest BCUT2D eigenvalue weighted by molar-refractivity contribution is -0.163. The van der Waals surface area contributed by atoms with Gasteiger partial charge in [-0.3, -0.25) is 9.59 Å². The molecule has 5 heteroatoms. The molecule has 0 saturated heterocycles. The molecular weight excluding hydrogens is 693 g/mol. The number of esters is 2. The van der Waals surface area contributed by atoms with Crippen molar-refractivity contribution in [3.63, 3.8) is 0 Å². The summed E-state index contributed by atoms with van der Waals surface area (Å²) < 4.78 is 17.2. The molecule has 1 atom stereocenters. The van der Waals surface area contributed by atoms with Crippen LogP contribution >= 0.6 is 0 Å². The Kier molecular flexibility index (Phi) is 43.6. The summed E-state index contributed by atoms with van der Waals surface area (Å²) in [4.78, 5) is 25.2. The van der Waals surface area contributed by atoms with E-state index in [1.54, 1.807) is 0 Å². The molecule has 0 bridgehead atoms. The van der Waals surface area contributed by atoms with E-state index in [1.165, 1.54) is 51.4 Å². The van der Waals surface area contributed by atoms with Crippen molar-refractivity contribution in [2.24, 2.45) is 0 Å². The third kappa shape index (κ3) is 43.5. The molecule has 0 heterocycles. The summed E-state index contributed by atoms with van der Waals surface area (Å²) in [5, 5.41) is 0. The van der Waals surface area contributed by atoms with E-state index in [0.29, 0.717) is 19.4 Å². The van der Waals surface area contributed by atoms with Gasteiger partial charge in [0.2, 0.25) is 0 Å². The van der Waals surface area contributed by atoms with Gasteiger partial charge in [0.25, 0.3) is 0 Å². The molecule has 0 aromatic carbocycles. The molecule has 0 aromatic rings. The molecule has 0 rings (SSSR count). The standard InChI is InChI=1S/C51H84O5/c1-4-7-10-13-16-19-22-24-26-27-30-32-35-38-41-44-50(52)55-48-49(56-51(53)45-42-39-36-33-29-21-18-15-12-9-6-3)47-54-46-43-40-37-34-31-28-25-23-20-17-14-11-8-5-2/h7-8,10-11,16-17,19-20,24-26,28,30,32,34,37,49H,4-6,9,12-15,18,21-23,27,29,31,33,35-36,38-48H2,1-3H3/b10-7-,11-8-,19-16-,20-17-,26-24-,28-25-,32-30-,37-34-. The van der Waals surface area contributed by atoms with E-state index in [1.807, 2.05) is 0 Å². The minimum atomic E-state index is -0.582. The molecule has 1 unspecified atom stereocenters. The summed E-state index contributed by atoms with van der Waals surface area (Å²) in [6, 6.07) is 0. The Balaban J connectivity index is 4.42. The molecule has 0 radical (unpaired) electrons. The van der Waals surface area contributed by atoms with Crippen molar-refractivity contribution >= 4 is 11.9 Å². The quantitative estimate of drug-likeness (QED) is 0.0352. The predicted molar refractivity (Wildman–Crippen MR) is 242 cm³/mol. The number of ether oxygens (including phenoxy) is 3. The molecule has 0 aliphatic carbocycles. The number of carbonyl (C=O) groups is 2. The number of hydrogen-bond donors (Lipinski definition) is 0. The van der Waals surface area contributed by atoms with E-state index in [-0.39, 0.29) is 25.2 Å². The number of allylic oxidation sites excluding steroid dienone is 16. The van der Waals surface area contributed by atoms with Crippen molar-refractivity contribution in [1.29, 1.82) is 0 Å².